The number of rotatable bonds is 4. The Bertz CT molecular complexity index is 872. The summed E-state index contributed by atoms with van der Waals surface area (Å²) in [4.78, 5) is 15.1. The maximum atomic E-state index is 13.4. The number of methoxy groups -OCH3 is 1. The van der Waals surface area contributed by atoms with Gasteiger partial charge in [-0.25, -0.2) is 4.39 Å². The van der Waals surface area contributed by atoms with Crippen LogP contribution in [-0.4, -0.2) is 61.5 Å². The SMILES string of the molecule is COc1cc(F)ccc1O[C@@H]1CN(C(=O)c2scc3c2OCCO3)CC[C@H]1O. The summed E-state index contributed by atoms with van der Waals surface area (Å²) in [7, 11) is 1.41. The Labute approximate surface area is 165 Å². The van der Waals surface area contributed by atoms with Crippen molar-refractivity contribution in [1.82, 2.24) is 4.90 Å². The number of amides is 1. The van der Waals surface area contributed by atoms with E-state index in [9.17, 15) is 14.3 Å². The van der Waals surface area contributed by atoms with E-state index in [1.54, 1.807) is 10.3 Å². The molecule has 1 saturated heterocycles. The molecule has 0 aliphatic carbocycles. The van der Waals surface area contributed by atoms with Crippen LogP contribution in [-0.2, 0) is 0 Å². The number of hydrogen-bond acceptors (Lipinski definition) is 7. The zero-order chi connectivity index (χ0) is 19.7. The van der Waals surface area contributed by atoms with Gasteiger partial charge in [0.05, 0.1) is 19.8 Å². The first-order valence-electron chi connectivity index (χ1n) is 8.91. The van der Waals surface area contributed by atoms with Crippen molar-refractivity contribution in [3.8, 4) is 23.0 Å². The third-order valence-electron chi connectivity index (χ3n) is 4.71. The van der Waals surface area contributed by atoms with Gasteiger partial charge in [0.25, 0.3) is 5.91 Å². The van der Waals surface area contributed by atoms with Gasteiger partial charge in [-0.15, -0.1) is 11.3 Å². The van der Waals surface area contributed by atoms with Gasteiger partial charge < -0.3 is 29.0 Å². The average molecular weight is 409 g/mol. The smallest absolute Gasteiger partial charge is 0.268 e. The molecule has 1 aromatic heterocycles. The van der Waals surface area contributed by atoms with E-state index in [2.05, 4.69) is 0 Å². The first-order chi connectivity index (χ1) is 13.6. The molecule has 0 spiro atoms. The molecule has 2 aliphatic heterocycles. The van der Waals surface area contributed by atoms with Gasteiger partial charge in [-0.2, -0.15) is 0 Å². The topological polar surface area (TPSA) is 77.5 Å². The highest BCUT2D eigenvalue weighted by Gasteiger charge is 2.35. The minimum Gasteiger partial charge on any atom is -0.493 e. The van der Waals surface area contributed by atoms with E-state index < -0.39 is 18.0 Å². The lowest BCUT2D eigenvalue weighted by Gasteiger charge is -2.36. The summed E-state index contributed by atoms with van der Waals surface area (Å²) in [5.41, 5.74) is 0. The second-order valence-electron chi connectivity index (χ2n) is 6.51. The number of benzene rings is 1. The maximum absolute atomic E-state index is 13.4. The summed E-state index contributed by atoms with van der Waals surface area (Å²) in [5.74, 6) is 0.963. The molecule has 7 nitrogen and oxygen atoms in total. The van der Waals surface area contributed by atoms with Crippen LogP contribution in [0.15, 0.2) is 23.6 Å². The molecule has 28 heavy (non-hydrogen) atoms. The number of hydrogen-bond donors (Lipinski definition) is 1. The summed E-state index contributed by atoms with van der Waals surface area (Å²) in [6, 6.07) is 3.91. The van der Waals surface area contributed by atoms with Gasteiger partial charge in [-0.1, -0.05) is 0 Å². The molecule has 1 amide bonds. The maximum Gasteiger partial charge on any atom is 0.268 e. The molecule has 0 unspecified atom stereocenters. The van der Waals surface area contributed by atoms with Gasteiger partial charge in [-0.3, -0.25) is 4.79 Å². The van der Waals surface area contributed by atoms with Crippen LogP contribution in [0.5, 0.6) is 23.0 Å². The van der Waals surface area contributed by atoms with Crippen LogP contribution in [0.4, 0.5) is 4.39 Å². The first-order valence-corrected chi connectivity index (χ1v) is 9.79. The molecular weight excluding hydrogens is 389 g/mol. The minimum absolute atomic E-state index is 0.189. The summed E-state index contributed by atoms with van der Waals surface area (Å²) in [6.45, 7) is 1.45. The number of carbonyl (C=O) groups excluding carboxylic acids is 1. The quantitative estimate of drug-likeness (QED) is 0.835. The summed E-state index contributed by atoms with van der Waals surface area (Å²) in [5, 5.41) is 12.1. The highest BCUT2D eigenvalue weighted by atomic mass is 32.1. The highest BCUT2D eigenvalue weighted by molar-refractivity contribution is 7.12. The standard InChI is InChI=1S/C19H20FNO6S/c1-24-14-8-11(20)2-3-13(14)27-15-9-21(5-4-12(15)22)19(23)18-17-16(10-28-18)25-6-7-26-17/h2-3,8,10,12,15,22H,4-7,9H2,1H3/t12-,15-/m1/s1. The summed E-state index contributed by atoms with van der Waals surface area (Å²) in [6.07, 6.45) is -1.05. The zero-order valence-corrected chi connectivity index (χ0v) is 16.0. The van der Waals surface area contributed by atoms with Crippen molar-refractivity contribution in [3.63, 3.8) is 0 Å². The van der Waals surface area contributed by atoms with E-state index in [1.807, 2.05) is 0 Å². The van der Waals surface area contributed by atoms with Crippen LogP contribution in [0, 0.1) is 5.82 Å². The van der Waals surface area contributed by atoms with Gasteiger partial charge in [0.15, 0.2) is 23.0 Å². The van der Waals surface area contributed by atoms with Crippen LogP contribution in [0.25, 0.3) is 0 Å². The minimum atomic E-state index is -0.754. The molecule has 2 aliphatic rings. The molecule has 9 heteroatoms. The lowest BCUT2D eigenvalue weighted by molar-refractivity contribution is -0.0200. The van der Waals surface area contributed by atoms with E-state index in [0.717, 1.165) is 0 Å². The van der Waals surface area contributed by atoms with Crippen molar-refractivity contribution in [1.29, 1.82) is 0 Å². The van der Waals surface area contributed by atoms with E-state index in [4.69, 9.17) is 18.9 Å². The Kier molecular flexibility index (Phi) is 5.27. The van der Waals surface area contributed by atoms with Crippen molar-refractivity contribution < 1.29 is 33.2 Å². The predicted molar refractivity (Wildman–Crippen MR) is 99.2 cm³/mol. The monoisotopic (exact) mass is 409 g/mol. The van der Waals surface area contributed by atoms with Crippen LogP contribution in [0.3, 0.4) is 0 Å². The van der Waals surface area contributed by atoms with Crippen LogP contribution in [0.2, 0.25) is 0 Å². The molecule has 1 N–H and O–H groups in total. The Hall–Kier alpha value is -2.52. The number of fused-ring (bicyclic) bond motifs is 1. The number of thiophene rings is 1. The van der Waals surface area contributed by atoms with Gasteiger partial charge in [0, 0.05) is 18.0 Å². The lowest BCUT2D eigenvalue weighted by atomic mass is 10.0. The highest BCUT2D eigenvalue weighted by Crippen LogP contribution is 2.40. The van der Waals surface area contributed by atoms with E-state index in [0.29, 0.717) is 48.3 Å². The van der Waals surface area contributed by atoms with Crippen molar-refractivity contribution in [3.05, 3.63) is 34.3 Å². The second-order valence-corrected chi connectivity index (χ2v) is 7.39. The molecule has 2 aromatic rings. The van der Waals surface area contributed by atoms with E-state index >= 15 is 0 Å². The number of likely N-dealkylation sites (tertiary alicyclic amines) is 1. The number of carbonyl (C=O) groups is 1. The summed E-state index contributed by atoms with van der Waals surface area (Å²) < 4.78 is 35.5. The number of piperidine rings is 1. The molecule has 0 bridgehead atoms. The molecule has 150 valence electrons. The Morgan fingerprint density at radius 1 is 1.32 bits per heavy atom. The van der Waals surface area contributed by atoms with Crippen molar-refractivity contribution >= 4 is 17.2 Å². The fraction of sp³-hybridized carbons (Fsp3) is 0.421. The first kappa shape index (κ1) is 18.8. The van der Waals surface area contributed by atoms with Crippen molar-refractivity contribution in [2.75, 3.05) is 33.4 Å². The molecule has 1 fully saturated rings. The van der Waals surface area contributed by atoms with Crippen LogP contribution in [0.1, 0.15) is 16.1 Å². The second kappa shape index (κ2) is 7.84. The average Bonchev–Trinajstić information content (AvgIpc) is 3.14. The predicted octanol–water partition coefficient (Wildman–Crippen LogP) is 2.32. The summed E-state index contributed by atoms with van der Waals surface area (Å²) >= 11 is 1.27. The Morgan fingerprint density at radius 3 is 2.96 bits per heavy atom. The number of aliphatic hydroxyl groups excluding tert-OH is 1. The molecular formula is C19H20FNO6S. The zero-order valence-electron chi connectivity index (χ0n) is 15.2. The van der Waals surface area contributed by atoms with Gasteiger partial charge in [-0.05, 0) is 18.6 Å². The lowest BCUT2D eigenvalue weighted by Crippen LogP contribution is -2.51. The largest absolute Gasteiger partial charge is 0.493 e. The molecule has 0 saturated carbocycles. The van der Waals surface area contributed by atoms with Crippen molar-refractivity contribution in [2.24, 2.45) is 0 Å². The third-order valence-corrected chi connectivity index (χ3v) is 5.64. The molecule has 2 atom stereocenters. The van der Waals surface area contributed by atoms with E-state index in [1.165, 1.54) is 36.6 Å². The molecule has 3 heterocycles. The fourth-order valence-corrected chi connectivity index (χ4v) is 4.16. The van der Waals surface area contributed by atoms with Gasteiger partial charge in [0.2, 0.25) is 0 Å². The molecule has 0 radical (unpaired) electrons. The Morgan fingerprint density at radius 2 is 2.14 bits per heavy atom. The van der Waals surface area contributed by atoms with Gasteiger partial charge >= 0.3 is 0 Å². The number of aliphatic hydroxyl groups is 1. The normalized spacial score (nSPS) is 21.3. The molecule has 1 aromatic carbocycles. The van der Waals surface area contributed by atoms with Gasteiger partial charge in [0.1, 0.15) is 30.0 Å². The van der Waals surface area contributed by atoms with Crippen LogP contribution >= 0.6 is 11.3 Å². The van der Waals surface area contributed by atoms with E-state index in [-0.39, 0.29) is 18.2 Å². The number of ether oxygens (including phenoxy) is 4. The third kappa shape index (κ3) is 3.59. The van der Waals surface area contributed by atoms with Crippen molar-refractivity contribution in [2.45, 2.75) is 18.6 Å². The fourth-order valence-electron chi connectivity index (χ4n) is 3.26. The Balaban J connectivity index is 1.50. The molecule has 4 rings (SSSR count). The van der Waals surface area contributed by atoms with Crippen LogP contribution < -0.4 is 18.9 Å². The number of halogens is 1. The number of nitrogens with zero attached hydrogens (tertiary/aromatic N) is 1.